The van der Waals surface area contributed by atoms with Crippen molar-refractivity contribution in [3.05, 3.63) is 102 Å². The van der Waals surface area contributed by atoms with E-state index in [1.165, 1.54) is 5.56 Å². The molecule has 0 saturated carbocycles. The highest BCUT2D eigenvalue weighted by Gasteiger charge is 2.24. The minimum Gasteiger partial charge on any atom is -0.447 e. The van der Waals surface area contributed by atoms with E-state index in [-0.39, 0.29) is 12.0 Å². The van der Waals surface area contributed by atoms with Gasteiger partial charge in [0.05, 0.1) is 6.54 Å². The van der Waals surface area contributed by atoms with Gasteiger partial charge in [-0.05, 0) is 41.8 Å². The minimum atomic E-state index is -0.345. The third-order valence-electron chi connectivity index (χ3n) is 5.20. The van der Waals surface area contributed by atoms with Gasteiger partial charge in [-0.3, -0.25) is 9.69 Å². The molecule has 5 nitrogen and oxygen atoms in total. The van der Waals surface area contributed by atoms with Gasteiger partial charge in [0.1, 0.15) is 6.61 Å². The van der Waals surface area contributed by atoms with E-state index in [0.29, 0.717) is 31.8 Å². The Balaban J connectivity index is 1.51. The predicted molar refractivity (Wildman–Crippen MR) is 116 cm³/mol. The molecule has 0 N–H and O–H groups in total. The largest absolute Gasteiger partial charge is 0.447 e. The molecule has 5 heteroatoms. The molecule has 0 bridgehead atoms. The maximum absolute atomic E-state index is 13.3. The molecule has 30 heavy (non-hydrogen) atoms. The zero-order valence-electron chi connectivity index (χ0n) is 16.7. The number of amides is 2. The van der Waals surface area contributed by atoms with Crippen LogP contribution in [0.2, 0.25) is 0 Å². The van der Waals surface area contributed by atoms with Crippen molar-refractivity contribution in [3.8, 4) is 0 Å². The first-order chi connectivity index (χ1) is 14.7. The highest BCUT2D eigenvalue weighted by Crippen LogP contribution is 2.20. The summed E-state index contributed by atoms with van der Waals surface area (Å²) in [5.74, 6) is -0.0228. The lowest BCUT2D eigenvalue weighted by Crippen LogP contribution is -2.32. The van der Waals surface area contributed by atoms with E-state index >= 15 is 0 Å². The monoisotopic (exact) mass is 400 g/mol. The number of anilines is 1. The van der Waals surface area contributed by atoms with Crippen LogP contribution >= 0.6 is 0 Å². The Kier molecular flexibility index (Phi) is 6.09. The molecule has 1 heterocycles. The molecule has 152 valence electrons. The molecule has 1 saturated heterocycles. The van der Waals surface area contributed by atoms with E-state index in [0.717, 1.165) is 17.7 Å². The van der Waals surface area contributed by atoms with Crippen LogP contribution in [0, 0.1) is 0 Å². The van der Waals surface area contributed by atoms with Crippen LogP contribution in [-0.4, -0.2) is 36.6 Å². The van der Waals surface area contributed by atoms with Crippen molar-refractivity contribution < 1.29 is 14.3 Å². The predicted octanol–water partition coefficient (Wildman–Crippen LogP) is 4.53. The lowest BCUT2D eigenvalue weighted by Gasteiger charge is -2.23. The van der Waals surface area contributed by atoms with Crippen LogP contribution in [-0.2, 0) is 17.7 Å². The lowest BCUT2D eigenvalue weighted by atomic mass is 10.1. The zero-order valence-corrected chi connectivity index (χ0v) is 16.7. The summed E-state index contributed by atoms with van der Waals surface area (Å²) >= 11 is 0. The van der Waals surface area contributed by atoms with Crippen LogP contribution in [0.25, 0.3) is 0 Å². The fraction of sp³-hybridized carbons (Fsp3) is 0.200. The SMILES string of the molecule is O=C(c1ccc(N2CCOC2=O)cc1)N(CCc1ccccc1)Cc1ccccc1. The van der Waals surface area contributed by atoms with Crippen LogP contribution in [0.5, 0.6) is 0 Å². The van der Waals surface area contributed by atoms with Crippen LogP contribution in [0.4, 0.5) is 10.5 Å². The van der Waals surface area contributed by atoms with Crippen LogP contribution < -0.4 is 4.90 Å². The molecule has 0 aliphatic carbocycles. The first-order valence-electron chi connectivity index (χ1n) is 10.1. The summed E-state index contributed by atoms with van der Waals surface area (Å²) in [6.07, 6.45) is 0.444. The standard InChI is InChI=1S/C25H24N2O3/c28-24(22-11-13-23(14-12-22)27-17-18-30-25(27)29)26(19-21-9-5-2-6-10-21)16-15-20-7-3-1-4-8-20/h1-14H,15-19H2. The Labute approximate surface area is 176 Å². The normalized spacial score (nSPS) is 13.2. The topological polar surface area (TPSA) is 49.9 Å². The molecule has 0 spiro atoms. The quantitative estimate of drug-likeness (QED) is 0.586. The van der Waals surface area contributed by atoms with Crippen molar-refractivity contribution in [1.82, 2.24) is 4.90 Å². The number of hydrogen-bond donors (Lipinski definition) is 0. The van der Waals surface area contributed by atoms with E-state index in [9.17, 15) is 9.59 Å². The second kappa shape index (κ2) is 9.27. The van der Waals surface area contributed by atoms with Crippen molar-refractivity contribution in [3.63, 3.8) is 0 Å². The number of benzene rings is 3. The molecule has 0 atom stereocenters. The number of rotatable bonds is 7. The minimum absolute atomic E-state index is 0.0228. The number of cyclic esters (lactones) is 1. The van der Waals surface area contributed by atoms with Crippen molar-refractivity contribution in [1.29, 1.82) is 0 Å². The molecule has 0 radical (unpaired) electrons. The first kappa shape index (κ1) is 19.7. The summed E-state index contributed by atoms with van der Waals surface area (Å²) in [7, 11) is 0. The molecule has 2 amide bonds. The molecule has 1 aliphatic rings. The summed E-state index contributed by atoms with van der Waals surface area (Å²) in [6.45, 7) is 2.10. The second-order valence-corrected chi connectivity index (χ2v) is 7.26. The van der Waals surface area contributed by atoms with Crippen molar-refractivity contribution in [2.24, 2.45) is 0 Å². The molecule has 4 rings (SSSR count). The van der Waals surface area contributed by atoms with E-state index in [1.807, 2.05) is 53.4 Å². The Morgan fingerprint density at radius 1 is 0.867 bits per heavy atom. The van der Waals surface area contributed by atoms with E-state index in [1.54, 1.807) is 29.2 Å². The van der Waals surface area contributed by atoms with Gasteiger partial charge in [-0.25, -0.2) is 4.79 Å². The third kappa shape index (κ3) is 4.69. The fourth-order valence-corrected chi connectivity index (χ4v) is 3.56. The van der Waals surface area contributed by atoms with E-state index in [2.05, 4.69) is 12.1 Å². The molecular formula is C25H24N2O3. The molecule has 0 unspecified atom stereocenters. The van der Waals surface area contributed by atoms with Crippen molar-refractivity contribution in [2.45, 2.75) is 13.0 Å². The number of carbonyl (C=O) groups is 2. The van der Waals surface area contributed by atoms with Gasteiger partial charge in [0, 0.05) is 24.3 Å². The average Bonchev–Trinajstić information content (AvgIpc) is 3.23. The van der Waals surface area contributed by atoms with Gasteiger partial charge in [-0.15, -0.1) is 0 Å². The van der Waals surface area contributed by atoms with Crippen molar-refractivity contribution in [2.75, 3.05) is 24.6 Å². The van der Waals surface area contributed by atoms with E-state index < -0.39 is 0 Å². The summed E-state index contributed by atoms with van der Waals surface area (Å²) in [4.78, 5) is 28.5. The third-order valence-corrected chi connectivity index (χ3v) is 5.20. The maximum Gasteiger partial charge on any atom is 0.414 e. The molecular weight excluding hydrogens is 376 g/mol. The Hall–Kier alpha value is -3.60. The van der Waals surface area contributed by atoms with Gasteiger partial charge in [-0.2, -0.15) is 0 Å². The Morgan fingerprint density at radius 2 is 1.50 bits per heavy atom. The van der Waals surface area contributed by atoms with Crippen LogP contribution in [0.1, 0.15) is 21.5 Å². The molecule has 3 aromatic carbocycles. The zero-order chi connectivity index (χ0) is 20.8. The first-order valence-corrected chi connectivity index (χ1v) is 10.1. The summed E-state index contributed by atoms with van der Waals surface area (Å²) in [5.41, 5.74) is 3.64. The number of ether oxygens (including phenoxy) is 1. The smallest absolute Gasteiger partial charge is 0.414 e. The van der Waals surface area contributed by atoms with Gasteiger partial charge in [0.2, 0.25) is 0 Å². The number of carbonyl (C=O) groups excluding carboxylic acids is 2. The second-order valence-electron chi connectivity index (χ2n) is 7.26. The average molecular weight is 400 g/mol. The van der Waals surface area contributed by atoms with Gasteiger partial charge >= 0.3 is 6.09 Å². The number of hydrogen-bond acceptors (Lipinski definition) is 3. The van der Waals surface area contributed by atoms with E-state index in [4.69, 9.17) is 4.74 Å². The van der Waals surface area contributed by atoms with Crippen LogP contribution in [0.3, 0.4) is 0 Å². The summed E-state index contributed by atoms with van der Waals surface area (Å²) in [5, 5.41) is 0. The molecule has 1 fully saturated rings. The summed E-state index contributed by atoms with van der Waals surface area (Å²) in [6, 6.07) is 27.4. The van der Waals surface area contributed by atoms with Gasteiger partial charge in [0.15, 0.2) is 0 Å². The highest BCUT2D eigenvalue weighted by atomic mass is 16.6. The summed E-state index contributed by atoms with van der Waals surface area (Å²) < 4.78 is 4.99. The number of nitrogens with zero attached hydrogens (tertiary/aromatic N) is 2. The molecule has 1 aliphatic heterocycles. The van der Waals surface area contributed by atoms with Crippen LogP contribution in [0.15, 0.2) is 84.9 Å². The van der Waals surface area contributed by atoms with Gasteiger partial charge in [0.25, 0.3) is 5.91 Å². The maximum atomic E-state index is 13.3. The Morgan fingerprint density at radius 3 is 2.10 bits per heavy atom. The molecule has 0 aromatic heterocycles. The van der Waals surface area contributed by atoms with Gasteiger partial charge in [-0.1, -0.05) is 60.7 Å². The van der Waals surface area contributed by atoms with Crippen molar-refractivity contribution >= 4 is 17.7 Å². The van der Waals surface area contributed by atoms with Gasteiger partial charge < -0.3 is 9.64 Å². The highest BCUT2D eigenvalue weighted by molar-refractivity contribution is 5.95. The fourth-order valence-electron chi connectivity index (χ4n) is 3.56. The molecule has 3 aromatic rings. The Bertz CT molecular complexity index is 988. The lowest BCUT2D eigenvalue weighted by molar-refractivity contribution is 0.0745.